The van der Waals surface area contributed by atoms with Crippen LogP contribution < -0.4 is 4.90 Å². The molecule has 2 aromatic rings. The van der Waals surface area contributed by atoms with Crippen LogP contribution in [0.15, 0.2) is 30.5 Å². The highest BCUT2D eigenvalue weighted by molar-refractivity contribution is 5.92. The van der Waals surface area contributed by atoms with Crippen molar-refractivity contribution in [2.45, 2.75) is 32.0 Å². The number of aromatic amines is 1. The number of H-pyrrole nitrogens is 1. The van der Waals surface area contributed by atoms with Gasteiger partial charge in [0.25, 0.3) is 5.91 Å². The summed E-state index contributed by atoms with van der Waals surface area (Å²) >= 11 is 0. The number of hydrogen-bond acceptors (Lipinski definition) is 4. The summed E-state index contributed by atoms with van der Waals surface area (Å²) in [4.78, 5) is 24.9. The molecule has 1 fully saturated rings. The number of methoxy groups -OCH3 is 1. The van der Waals surface area contributed by atoms with Crippen LogP contribution in [0.1, 0.15) is 28.2 Å². The lowest BCUT2D eigenvalue weighted by atomic mass is 10.2. The lowest BCUT2D eigenvalue weighted by Crippen LogP contribution is -2.40. The van der Waals surface area contributed by atoms with Gasteiger partial charge in [0.2, 0.25) is 0 Å². The molecule has 0 aliphatic carbocycles. The molecule has 2 atom stereocenters. The molecule has 4 heterocycles. The number of ether oxygens (including phenoxy) is 1. The molecule has 0 radical (unpaired) electrons. The Labute approximate surface area is 141 Å². The van der Waals surface area contributed by atoms with Crippen molar-refractivity contribution in [1.82, 2.24) is 14.9 Å². The van der Waals surface area contributed by atoms with Crippen molar-refractivity contribution in [3.05, 3.63) is 47.4 Å². The van der Waals surface area contributed by atoms with Gasteiger partial charge in [0.1, 0.15) is 11.5 Å². The zero-order valence-corrected chi connectivity index (χ0v) is 14.0. The molecule has 6 heteroatoms. The summed E-state index contributed by atoms with van der Waals surface area (Å²) in [6.07, 6.45) is 2.93. The zero-order chi connectivity index (χ0) is 16.7. The van der Waals surface area contributed by atoms with Crippen molar-refractivity contribution in [3.8, 4) is 0 Å². The molecule has 24 heavy (non-hydrogen) atoms. The van der Waals surface area contributed by atoms with Gasteiger partial charge in [0, 0.05) is 44.2 Å². The number of aryl methyl sites for hydroxylation is 1. The van der Waals surface area contributed by atoms with Gasteiger partial charge in [-0.15, -0.1) is 0 Å². The first-order valence-electron chi connectivity index (χ1n) is 8.34. The summed E-state index contributed by atoms with van der Waals surface area (Å²) in [6, 6.07) is 8.03. The molecule has 4 rings (SSSR count). The summed E-state index contributed by atoms with van der Waals surface area (Å²) in [6.45, 7) is 4.06. The number of fused-ring (bicyclic) bond motifs is 3. The molecule has 0 unspecified atom stereocenters. The standard InChI is InChI=1S/C18H22N4O2/c1-12-5-6-16(20-12)18(23)21-9-13-4-3-7-19-17(13)22-11-15(24-2)8-14(22)10-21/h3-7,14-15,20H,8-11H2,1-2H3/t14-,15+/m0/s1. The lowest BCUT2D eigenvalue weighted by Gasteiger charge is -2.26. The lowest BCUT2D eigenvalue weighted by molar-refractivity contribution is 0.0721. The predicted molar refractivity (Wildman–Crippen MR) is 91.1 cm³/mol. The number of nitrogens with one attached hydrogen (secondary N) is 1. The van der Waals surface area contributed by atoms with E-state index in [2.05, 4.69) is 20.9 Å². The Hall–Kier alpha value is -2.34. The maximum Gasteiger partial charge on any atom is 0.270 e. The zero-order valence-electron chi connectivity index (χ0n) is 14.0. The van der Waals surface area contributed by atoms with Gasteiger partial charge in [-0.3, -0.25) is 4.79 Å². The van der Waals surface area contributed by atoms with Crippen LogP contribution >= 0.6 is 0 Å². The van der Waals surface area contributed by atoms with Crippen molar-refractivity contribution >= 4 is 11.7 Å². The van der Waals surface area contributed by atoms with Crippen molar-refractivity contribution in [1.29, 1.82) is 0 Å². The highest BCUT2D eigenvalue weighted by atomic mass is 16.5. The Balaban J connectivity index is 1.68. The maximum atomic E-state index is 12.9. The maximum absolute atomic E-state index is 12.9. The van der Waals surface area contributed by atoms with E-state index in [1.165, 1.54) is 0 Å². The minimum atomic E-state index is 0.0422. The quantitative estimate of drug-likeness (QED) is 0.916. The Morgan fingerprint density at radius 2 is 2.21 bits per heavy atom. The van der Waals surface area contributed by atoms with E-state index in [4.69, 9.17) is 4.74 Å². The van der Waals surface area contributed by atoms with E-state index in [0.29, 0.717) is 18.8 Å². The molecule has 2 aliphatic heterocycles. The number of carbonyl (C=O) groups excluding carboxylic acids is 1. The smallest absolute Gasteiger partial charge is 0.270 e. The van der Waals surface area contributed by atoms with E-state index in [9.17, 15) is 4.79 Å². The third-order valence-electron chi connectivity index (χ3n) is 4.99. The van der Waals surface area contributed by atoms with Gasteiger partial charge in [-0.25, -0.2) is 4.98 Å². The van der Waals surface area contributed by atoms with E-state index in [0.717, 1.165) is 30.0 Å². The second-order valence-corrected chi connectivity index (χ2v) is 6.63. The summed E-state index contributed by atoms with van der Waals surface area (Å²) in [5.74, 6) is 1.03. The van der Waals surface area contributed by atoms with Crippen LogP contribution in [-0.4, -0.2) is 53.1 Å². The Morgan fingerprint density at radius 3 is 2.96 bits per heavy atom. The first kappa shape index (κ1) is 15.2. The molecule has 1 saturated heterocycles. The van der Waals surface area contributed by atoms with Gasteiger partial charge in [-0.05, 0) is 31.5 Å². The van der Waals surface area contributed by atoms with Gasteiger partial charge < -0.3 is 19.5 Å². The van der Waals surface area contributed by atoms with Gasteiger partial charge in [0.15, 0.2) is 0 Å². The Morgan fingerprint density at radius 1 is 1.33 bits per heavy atom. The summed E-state index contributed by atoms with van der Waals surface area (Å²) < 4.78 is 5.56. The summed E-state index contributed by atoms with van der Waals surface area (Å²) in [5.41, 5.74) is 2.73. The van der Waals surface area contributed by atoms with Crippen molar-refractivity contribution in [2.75, 3.05) is 25.1 Å². The highest BCUT2D eigenvalue weighted by Crippen LogP contribution is 2.32. The van der Waals surface area contributed by atoms with E-state index < -0.39 is 0 Å². The number of amides is 1. The molecule has 0 saturated carbocycles. The van der Waals surface area contributed by atoms with Gasteiger partial charge in [-0.1, -0.05) is 6.07 Å². The molecule has 6 nitrogen and oxygen atoms in total. The number of anilines is 1. The molecule has 2 aromatic heterocycles. The highest BCUT2D eigenvalue weighted by Gasteiger charge is 2.38. The van der Waals surface area contributed by atoms with Crippen molar-refractivity contribution < 1.29 is 9.53 Å². The number of pyridine rings is 1. The number of nitrogens with zero attached hydrogens (tertiary/aromatic N) is 3. The largest absolute Gasteiger partial charge is 0.380 e. The minimum absolute atomic E-state index is 0.0422. The van der Waals surface area contributed by atoms with Crippen LogP contribution in [0.3, 0.4) is 0 Å². The predicted octanol–water partition coefficient (Wildman–Crippen LogP) is 1.97. The minimum Gasteiger partial charge on any atom is -0.380 e. The van der Waals surface area contributed by atoms with Crippen molar-refractivity contribution in [3.63, 3.8) is 0 Å². The Kier molecular flexibility index (Phi) is 3.76. The second-order valence-electron chi connectivity index (χ2n) is 6.63. The number of aromatic nitrogens is 2. The van der Waals surface area contributed by atoms with Crippen LogP contribution in [0.2, 0.25) is 0 Å². The van der Waals surface area contributed by atoms with Gasteiger partial charge in [0.05, 0.1) is 12.1 Å². The normalized spacial score (nSPS) is 22.9. The number of carbonyl (C=O) groups is 1. The third kappa shape index (κ3) is 2.57. The van der Waals surface area contributed by atoms with Crippen LogP contribution in [-0.2, 0) is 11.3 Å². The molecule has 0 spiro atoms. The Bertz CT molecular complexity index is 757. The molecular weight excluding hydrogens is 304 g/mol. The van der Waals surface area contributed by atoms with E-state index in [1.54, 1.807) is 7.11 Å². The van der Waals surface area contributed by atoms with Gasteiger partial charge >= 0.3 is 0 Å². The fraction of sp³-hybridized carbons (Fsp3) is 0.444. The van der Waals surface area contributed by atoms with Crippen LogP contribution in [0, 0.1) is 6.92 Å². The summed E-state index contributed by atoms with van der Waals surface area (Å²) in [5, 5.41) is 0. The molecular formula is C18H22N4O2. The first-order chi connectivity index (χ1) is 11.7. The fourth-order valence-corrected chi connectivity index (χ4v) is 3.77. The monoisotopic (exact) mass is 326 g/mol. The van der Waals surface area contributed by atoms with Gasteiger partial charge in [-0.2, -0.15) is 0 Å². The molecule has 1 amide bonds. The summed E-state index contributed by atoms with van der Waals surface area (Å²) in [7, 11) is 1.75. The second kappa shape index (κ2) is 5.94. The van der Waals surface area contributed by atoms with E-state index >= 15 is 0 Å². The SMILES string of the molecule is CO[C@@H]1C[C@H]2CN(C(=O)c3ccc(C)[nH]3)Cc3cccnc3N2C1. The topological polar surface area (TPSA) is 61.5 Å². The molecule has 1 N–H and O–H groups in total. The molecule has 0 bridgehead atoms. The molecule has 2 aliphatic rings. The third-order valence-corrected chi connectivity index (χ3v) is 4.99. The van der Waals surface area contributed by atoms with E-state index in [-0.39, 0.29) is 18.1 Å². The molecule has 126 valence electrons. The van der Waals surface area contributed by atoms with Crippen molar-refractivity contribution in [2.24, 2.45) is 0 Å². The van der Waals surface area contributed by atoms with Crippen LogP contribution in [0.5, 0.6) is 0 Å². The number of hydrogen-bond donors (Lipinski definition) is 1. The van der Waals surface area contributed by atoms with Crippen LogP contribution in [0.4, 0.5) is 5.82 Å². The molecule has 0 aromatic carbocycles. The van der Waals surface area contributed by atoms with E-state index in [1.807, 2.05) is 36.2 Å². The first-order valence-corrected chi connectivity index (χ1v) is 8.34. The fourth-order valence-electron chi connectivity index (χ4n) is 3.77. The average Bonchev–Trinajstić information content (AvgIpc) is 3.17. The average molecular weight is 326 g/mol. The number of rotatable bonds is 2. The van der Waals surface area contributed by atoms with Crippen LogP contribution in [0.25, 0.3) is 0 Å².